The van der Waals surface area contributed by atoms with Crippen LogP contribution in [0.25, 0.3) is 0 Å². The number of hydrogen-bond donors (Lipinski definition) is 1. The van der Waals surface area contributed by atoms with Crippen molar-refractivity contribution in [2.24, 2.45) is 0 Å². The van der Waals surface area contributed by atoms with Crippen LogP contribution in [-0.2, 0) is 19.4 Å². The van der Waals surface area contributed by atoms with Crippen LogP contribution in [-0.4, -0.2) is 14.5 Å². The van der Waals surface area contributed by atoms with Crippen molar-refractivity contribution in [1.82, 2.24) is 14.5 Å². The van der Waals surface area contributed by atoms with Gasteiger partial charge in [-0.1, -0.05) is 0 Å². The van der Waals surface area contributed by atoms with Crippen molar-refractivity contribution in [2.45, 2.75) is 25.8 Å². The molecule has 5 nitrogen and oxygen atoms in total. The zero-order valence-corrected chi connectivity index (χ0v) is 9.81. The molecule has 3 rings (SSSR count). The van der Waals surface area contributed by atoms with E-state index in [0.717, 1.165) is 36.2 Å². The van der Waals surface area contributed by atoms with E-state index in [0.29, 0.717) is 6.54 Å². The average Bonchev–Trinajstić information content (AvgIpc) is 3.03. The van der Waals surface area contributed by atoms with E-state index in [-0.39, 0.29) is 11.1 Å². The molecular formula is C13H12N4O. The Morgan fingerprint density at radius 1 is 1.50 bits per heavy atom. The summed E-state index contributed by atoms with van der Waals surface area (Å²) in [5.74, 6) is 0. The lowest BCUT2D eigenvalue weighted by atomic mass is 10.1. The summed E-state index contributed by atoms with van der Waals surface area (Å²) < 4.78 is 1.70. The maximum Gasteiger partial charge on any atom is 0.269 e. The first-order valence-electron chi connectivity index (χ1n) is 5.92. The normalized spacial score (nSPS) is 13.3. The topological polar surface area (TPSA) is 74.5 Å². The van der Waals surface area contributed by atoms with Gasteiger partial charge in [0.15, 0.2) is 0 Å². The van der Waals surface area contributed by atoms with Gasteiger partial charge in [0.05, 0.1) is 18.6 Å². The number of aryl methyl sites for hydroxylation is 1. The third-order valence-electron chi connectivity index (χ3n) is 3.35. The second kappa shape index (κ2) is 4.15. The third kappa shape index (κ3) is 1.63. The molecule has 0 radical (unpaired) electrons. The summed E-state index contributed by atoms with van der Waals surface area (Å²) in [5.41, 5.74) is 3.10. The fourth-order valence-corrected chi connectivity index (χ4v) is 2.51. The minimum absolute atomic E-state index is 0.201. The van der Waals surface area contributed by atoms with Crippen molar-refractivity contribution >= 4 is 0 Å². The summed E-state index contributed by atoms with van der Waals surface area (Å²) in [7, 11) is 0. The maximum atomic E-state index is 12.2. The molecule has 18 heavy (non-hydrogen) atoms. The lowest BCUT2D eigenvalue weighted by Crippen LogP contribution is -2.26. The maximum absolute atomic E-state index is 12.2. The van der Waals surface area contributed by atoms with Crippen LogP contribution in [0, 0.1) is 11.3 Å². The monoisotopic (exact) mass is 240 g/mol. The lowest BCUT2D eigenvalue weighted by molar-refractivity contribution is 0.694. The van der Waals surface area contributed by atoms with Gasteiger partial charge < -0.3 is 9.55 Å². The van der Waals surface area contributed by atoms with Crippen LogP contribution in [0.3, 0.4) is 0 Å². The predicted octanol–water partition coefficient (Wildman–Crippen LogP) is 0.980. The minimum atomic E-state index is -0.201. The molecule has 90 valence electrons. The number of aromatic nitrogens is 3. The summed E-state index contributed by atoms with van der Waals surface area (Å²) in [5, 5.41) is 9.02. The molecule has 2 aromatic rings. The van der Waals surface area contributed by atoms with Gasteiger partial charge in [0.25, 0.3) is 5.56 Å². The zero-order valence-electron chi connectivity index (χ0n) is 9.81. The van der Waals surface area contributed by atoms with Gasteiger partial charge in [-0.25, -0.2) is 4.98 Å². The standard InChI is InChI=1S/C13H12N4O/c14-5-10-4-9-2-1-3-12(9)17(13(10)18)7-11-6-15-8-16-11/h4,6,8H,1-3,7H2,(H,15,16). The minimum Gasteiger partial charge on any atom is -0.347 e. The van der Waals surface area contributed by atoms with Gasteiger partial charge in [-0.05, 0) is 30.9 Å². The van der Waals surface area contributed by atoms with E-state index in [1.54, 1.807) is 23.2 Å². The Morgan fingerprint density at radius 3 is 3.11 bits per heavy atom. The largest absolute Gasteiger partial charge is 0.347 e. The molecule has 0 aromatic carbocycles. The Morgan fingerprint density at radius 2 is 2.39 bits per heavy atom. The van der Waals surface area contributed by atoms with Gasteiger partial charge in [-0.15, -0.1) is 0 Å². The number of aromatic amines is 1. The molecule has 0 aliphatic heterocycles. The molecule has 5 heteroatoms. The first-order chi connectivity index (χ1) is 8.79. The van der Waals surface area contributed by atoms with Crippen molar-refractivity contribution < 1.29 is 0 Å². The number of nitrogens with one attached hydrogen (secondary N) is 1. The number of nitrogens with zero attached hydrogens (tertiary/aromatic N) is 3. The van der Waals surface area contributed by atoms with Crippen LogP contribution in [0.1, 0.15) is 28.9 Å². The smallest absolute Gasteiger partial charge is 0.269 e. The fourth-order valence-electron chi connectivity index (χ4n) is 2.51. The van der Waals surface area contributed by atoms with Crippen LogP contribution in [0.2, 0.25) is 0 Å². The number of fused-ring (bicyclic) bond motifs is 1. The van der Waals surface area contributed by atoms with Gasteiger partial charge >= 0.3 is 0 Å². The van der Waals surface area contributed by atoms with Gasteiger partial charge in [-0.2, -0.15) is 5.26 Å². The first kappa shape index (κ1) is 10.8. The molecule has 1 aliphatic carbocycles. The number of imidazole rings is 1. The molecule has 2 aromatic heterocycles. The summed E-state index contributed by atoms with van der Waals surface area (Å²) in [6, 6.07) is 3.73. The van der Waals surface area contributed by atoms with Crippen LogP contribution in [0.4, 0.5) is 0 Å². The van der Waals surface area contributed by atoms with E-state index in [1.165, 1.54) is 0 Å². The average molecular weight is 240 g/mol. The van der Waals surface area contributed by atoms with Gasteiger partial charge in [0.2, 0.25) is 0 Å². The molecule has 0 atom stereocenters. The SMILES string of the molecule is N#Cc1cc2c(n(Cc3cnc[nH]3)c1=O)CCC2. The number of H-pyrrole nitrogens is 1. The van der Waals surface area contributed by atoms with Gasteiger partial charge in [0, 0.05) is 11.9 Å². The van der Waals surface area contributed by atoms with E-state index in [9.17, 15) is 4.79 Å². The second-order valence-electron chi connectivity index (χ2n) is 4.46. The Kier molecular flexibility index (Phi) is 2.49. The van der Waals surface area contributed by atoms with Crippen molar-refractivity contribution in [3.8, 4) is 6.07 Å². The fraction of sp³-hybridized carbons (Fsp3) is 0.308. The molecule has 0 spiro atoms. The zero-order chi connectivity index (χ0) is 12.5. The predicted molar refractivity (Wildman–Crippen MR) is 65.1 cm³/mol. The molecule has 0 fully saturated rings. The Balaban J connectivity index is 2.16. The van der Waals surface area contributed by atoms with Crippen molar-refractivity contribution in [1.29, 1.82) is 5.26 Å². The number of hydrogen-bond acceptors (Lipinski definition) is 3. The lowest BCUT2D eigenvalue weighted by Gasteiger charge is -2.11. The molecule has 0 saturated carbocycles. The first-order valence-corrected chi connectivity index (χ1v) is 5.92. The summed E-state index contributed by atoms with van der Waals surface area (Å²) >= 11 is 0. The Bertz CT molecular complexity index is 676. The molecule has 1 N–H and O–H groups in total. The Labute approximate surface area is 104 Å². The van der Waals surface area contributed by atoms with Crippen LogP contribution in [0.5, 0.6) is 0 Å². The third-order valence-corrected chi connectivity index (χ3v) is 3.35. The molecule has 0 saturated heterocycles. The molecular weight excluding hydrogens is 228 g/mol. The highest BCUT2D eigenvalue weighted by Gasteiger charge is 2.19. The Hall–Kier alpha value is -2.35. The molecule has 0 bridgehead atoms. The van der Waals surface area contributed by atoms with E-state index in [4.69, 9.17) is 5.26 Å². The number of rotatable bonds is 2. The van der Waals surface area contributed by atoms with Crippen LogP contribution in [0.15, 0.2) is 23.4 Å². The van der Waals surface area contributed by atoms with E-state index in [2.05, 4.69) is 9.97 Å². The summed E-state index contributed by atoms with van der Waals surface area (Å²) in [6.45, 7) is 0.455. The number of pyridine rings is 1. The highest BCUT2D eigenvalue weighted by atomic mass is 16.1. The van der Waals surface area contributed by atoms with Crippen LogP contribution < -0.4 is 5.56 Å². The highest BCUT2D eigenvalue weighted by molar-refractivity contribution is 5.36. The van der Waals surface area contributed by atoms with Gasteiger partial charge in [-0.3, -0.25) is 4.79 Å². The van der Waals surface area contributed by atoms with Crippen LogP contribution >= 0.6 is 0 Å². The van der Waals surface area contributed by atoms with E-state index >= 15 is 0 Å². The van der Waals surface area contributed by atoms with Crippen molar-refractivity contribution in [2.75, 3.05) is 0 Å². The quantitative estimate of drug-likeness (QED) is 0.850. The van der Waals surface area contributed by atoms with Crippen molar-refractivity contribution in [3.63, 3.8) is 0 Å². The summed E-state index contributed by atoms with van der Waals surface area (Å²) in [6.07, 6.45) is 6.20. The van der Waals surface area contributed by atoms with Crippen molar-refractivity contribution in [3.05, 3.63) is 51.5 Å². The van der Waals surface area contributed by atoms with Gasteiger partial charge in [0.1, 0.15) is 11.6 Å². The highest BCUT2D eigenvalue weighted by Crippen LogP contribution is 2.21. The second-order valence-corrected chi connectivity index (χ2v) is 4.46. The molecule has 0 amide bonds. The molecule has 0 unspecified atom stereocenters. The summed E-state index contributed by atoms with van der Waals surface area (Å²) in [4.78, 5) is 19.1. The molecule has 2 heterocycles. The number of nitriles is 1. The molecule has 1 aliphatic rings. The van der Waals surface area contributed by atoms with E-state index < -0.39 is 0 Å². The van der Waals surface area contributed by atoms with E-state index in [1.807, 2.05) is 6.07 Å².